The summed E-state index contributed by atoms with van der Waals surface area (Å²) in [6.45, 7) is 10.3. The Hall–Kier alpha value is -1.36. The van der Waals surface area contributed by atoms with E-state index in [1.807, 2.05) is 34.6 Å². The van der Waals surface area contributed by atoms with Crippen LogP contribution in [0.1, 0.15) is 51.6 Å². The van der Waals surface area contributed by atoms with Gasteiger partial charge in [0, 0.05) is 18.5 Å². The van der Waals surface area contributed by atoms with Crippen LogP contribution in [0.25, 0.3) is 0 Å². The third kappa shape index (κ3) is 3.80. The number of nitrogens with zero attached hydrogens (tertiary/aromatic N) is 1. The van der Waals surface area contributed by atoms with Crippen LogP contribution in [0, 0.1) is 5.41 Å². The molecule has 0 aromatic carbocycles. The zero-order valence-corrected chi connectivity index (χ0v) is 12.5. The van der Waals surface area contributed by atoms with E-state index in [0.29, 0.717) is 6.54 Å². The number of aromatic nitrogens is 1. The lowest BCUT2D eigenvalue weighted by Crippen LogP contribution is -2.48. The Morgan fingerprint density at radius 3 is 2.47 bits per heavy atom. The molecule has 0 aliphatic heterocycles. The van der Waals surface area contributed by atoms with Crippen LogP contribution >= 0.6 is 0 Å². The van der Waals surface area contributed by atoms with Crippen LogP contribution < -0.4 is 11.1 Å². The first kappa shape index (κ1) is 15.7. The highest BCUT2D eigenvalue weighted by Gasteiger charge is 2.27. The molecule has 108 valence electrons. The van der Waals surface area contributed by atoms with Crippen molar-refractivity contribution in [2.45, 2.75) is 60.0 Å². The minimum atomic E-state index is -0.525. The summed E-state index contributed by atoms with van der Waals surface area (Å²) in [6, 6.07) is -0.525. The summed E-state index contributed by atoms with van der Waals surface area (Å²) in [5.41, 5.74) is 7.56. The third-order valence-electron chi connectivity index (χ3n) is 3.26. The van der Waals surface area contributed by atoms with Crippen molar-refractivity contribution in [2.75, 3.05) is 0 Å². The molecule has 1 atom stereocenters. The maximum atomic E-state index is 12.0. The van der Waals surface area contributed by atoms with E-state index in [2.05, 4.69) is 10.5 Å². The molecule has 0 fully saturated rings. The van der Waals surface area contributed by atoms with Crippen molar-refractivity contribution in [1.29, 1.82) is 0 Å². The maximum Gasteiger partial charge on any atom is 0.237 e. The van der Waals surface area contributed by atoms with Gasteiger partial charge < -0.3 is 15.6 Å². The highest BCUT2D eigenvalue weighted by molar-refractivity contribution is 5.82. The van der Waals surface area contributed by atoms with Crippen molar-refractivity contribution in [1.82, 2.24) is 10.5 Å². The highest BCUT2D eigenvalue weighted by atomic mass is 16.5. The Labute approximate surface area is 114 Å². The van der Waals surface area contributed by atoms with Crippen molar-refractivity contribution in [2.24, 2.45) is 11.1 Å². The molecule has 1 aromatic rings. The molecule has 0 spiro atoms. The van der Waals surface area contributed by atoms with Crippen LogP contribution in [-0.2, 0) is 24.2 Å². The van der Waals surface area contributed by atoms with Crippen molar-refractivity contribution in [3.63, 3.8) is 0 Å². The smallest absolute Gasteiger partial charge is 0.237 e. The molecule has 1 rings (SSSR count). The van der Waals surface area contributed by atoms with Gasteiger partial charge in [-0.1, -0.05) is 39.8 Å². The molecule has 0 aliphatic carbocycles. The Balaban J connectivity index is 2.72. The number of hydrogen-bond donors (Lipinski definition) is 2. The molecule has 1 heterocycles. The van der Waals surface area contributed by atoms with Crippen LogP contribution in [0.5, 0.6) is 0 Å². The van der Waals surface area contributed by atoms with Gasteiger partial charge in [0.25, 0.3) is 0 Å². The van der Waals surface area contributed by atoms with Crippen LogP contribution in [0.4, 0.5) is 0 Å². The molecule has 1 amide bonds. The van der Waals surface area contributed by atoms with Gasteiger partial charge in [0.15, 0.2) is 0 Å². The number of amides is 1. The Kier molecular flexibility index (Phi) is 5.11. The van der Waals surface area contributed by atoms with Gasteiger partial charge in [-0.05, 0) is 11.8 Å². The van der Waals surface area contributed by atoms with Gasteiger partial charge in [-0.25, -0.2) is 0 Å². The lowest BCUT2D eigenvalue weighted by Gasteiger charge is -2.25. The van der Waals surface area contributed by atoms with Gasteiger partial charge in [-0.2, -0.15) is 0 Å². The molecule has 0 unspecified atom stereocenters. The number of rotatable bonds is 5. The summed E-state index contributed by atoms with van der Waals surface area (Å²) in [7, 11) is 0. The largest absolute Gasteiger partial charge is 0.361 e. The molecule has 3 N–H and O–H groups in total. The van der Waals surface area contributed by atoms with Gasteiger partial charge in [0.2, 0.25) is 5.91 Å². The minimum absolute atomic E-state index is 0.141. The minimum Gasteiger partial charge on any atom is -0.361 e. The second-order valence-corrected chi connectivity index (χ2v) is 5.80. The van der Waals surface area contributed by atoms with E-state index in [4.69, 9.17) is 10.3 Å². The van der Waals surface area contributed by atoms with E-state index < -0.39 is 6.04 Å². The molecule has 0 saturated carbocycles. The topological polar surface area (TPSA) is 81.2 Å². The van der Waals surface area contributed by atoms with Crippen molar-refractivity contribution < 1.29 is 9.32 Å². The highest BCUT2D eigenvalue weighted by Crippen LogP contribution is 2.18. The molecule has 0 saturated heterocycles. The van der Waals surface area contributed by atoms with E-state index in [0.717, 1.165) is 29.9 Å². The summed E-state index contributed by atoms with van der Waals surface area (Å²) >= 11 is 0. The normalized spacial score (nSPS) is 13.4. The van der Waals surface area contributed by atoms with Gasteiger partial charge in [0.05, 0.1) is 11.7 Å². The van der Waals surface area contributed by atoms with Crippen molar-refractivity contribution >= 4 is 5.91 Å². The van der Waals surface area contributed by atoms with Crippen molar-refractivity contribution in [3.05, 3.63) is 17.0 Å². The molecule has 19 heavy (non-hydrogen) atoms. The zero-order chi connectivity index (χ0) is 14.6. The monoisotopic (exact) mass is 267 g/mol. The predicted octanol–water partition coefficient (Wildman–Crippen LogP) is 1.79. The van der Waals surface area contributed by atoms with Crippen LogP contribution in [0.15, 0.2) is 4.52 Å². The van der Waals surface area contributed by atoms with E-state index in [-0.39, 0.29) is 11.3 Å². The molecular weight excluding hydrogens is 242 g/mol. The summed E-state index contributed by atoms with van der Waals surface area (Å²) in [5, 5.41) is 6.90. The van der Waals surface area contributed by atoms with Gasteiger partial charge in [0.1, 0.15) is 5.76 Å². The van der Waals surface area contributed by atoms with Crippen LogP contribution in [-0.4, -0.2) is 17.1 Å². The van der Waals surface area contributed by atoms with Crippen LogP contribution in [0.3, 0.4) is 0 Å². The molecule has 5 heteroatoms. The van der Waals surface area contributed by atoms with Gasteiger partial charge >= 0.3 is 0 Å². The average molecular weight is 267 g/mol. The summed E-state index contributed by atoms with van der Waals surface area (Å²) in [6.07, 6.45) is 1.56. The Morgan fingerprint density at radius 2 is 2.00 bits per heavy atom. The fourth-order valence-corrected chi connectivity index (χ4v) is 1.82. The lowest BCUT2D eigenvalue weighted by atomic mass is 9.87. The second-order valence-electron chi connectivity index (χ2n) is 5.80. The molecule has 1 aromatic heterocycles. The standard InChI is InChI=1S/C14H25N3O2/c1-6-10-9(11(7-2)19-17-10)8-16-13(18)12(15)14(3,4)5/h12H,6-8,15H2,1-5H3,(H,16,18)/t12-/m1/s1. The first-order valence-corrected chi connectivity index (χ1v) is 6.80. The van der Waals surface area contributed by atoms with E-state index in [1.165, 1.54) is 0 Å². The predicted molar refractivity (Wildman–Crippen MR) is 74.5 cm³/mol. The third-order valence-corrected chi connectivity index (χ3v) is 3.26. The number of nitrogens with two attached hydrogens (primary N) is 1. The van der Waals surface area contributed by atoms with Crippen molar-refractivity contribution in [3.8, 4) is 0 Å². The van der Waals surface area contributed by atoms with Crippen LogP contribution in [0.2, 0.25) is 0 Å². The number of nitrogens with one attached hydrogen (secondary N) is 1. The van der Waals surface area contributed by atoms with E-state index >= 15 is 0 Å². The molecule has 0 bridgehead atoms. The molecule has 0 radical (unpaired) electrons. The van der Waals surface area contributed by atoms with Gasteiger partial charge in [-0.3, -0.25) is 4.79 Å². The quantitative estimate of drug-likeness (QED) is 0.852. The fraction of sp³-hybridized carbons (Fsp3) is 0.714. The number of aryl methyl sites for hydroxylation is 2. The summed E-state index contributed by atoms with van der Waals surface area (Å²) in [5.74, 6) is 0.694. The summed E-state index contributed by atoms with van der Waals surface area (Å²) in [4.78, 5) is 12.0. The lowest BCUT2D eigenvalue weighted by molar-refractivity contribution is -0.124. The maximum absolute atomic E-state index is 12.0. The Bertz CT molecular complexity index is 411. The van der Waals surface area contributed by atoms with Gasteiger partial charge in [-0.15, -0.1) is 0 Å². The van der Waals surface area contributed by atoms with E-state index in [1.54, 1.807) is 0 Å². The molecule has 0 aliphatic rings. The van der Waals surface area contributed by atoms with E-state index in [9.17, 15) is 4.79 Å². The second kappa shape index (κ2) is 6.19. The number of carbonyl (C=O) groups excluding carboxylic acids is 1. The Morgan fingerprint density at radius 1 is 1.37 bits per heavy atom. The first-order chi connectivity index (χ1) is 8.81. The average Bonchev–Trinajstić information content (AvgIpc) is 2.75. The number of carbonyl (C=O) groups is 1. The molecule has 5 nitrogen and oxygen atoms in total. The SMILES string of the molecule is CCc1noc(CC)c1CNC(=O)[C@@H](N)C(C)(C)C. The first-order valence-electron chi connectivity index (χ1n) is 6.80. The number of hydrogen-bond acceptors (Lipinski definition) is 4. The summed E-state index contributed by atoms with van der Waals surface area (Å²) < 4.78 is 5.26. The zero-order valence-electron chi connectivity index (χ0n) is 12.5. The molecular formula is C14H25N3O2. The fourth-order valence-electron chi connectivity index (χ4n) is 1.82.